The lowest BCUT2D eigenvalue weighted by Gasteiger charge is -2.33. The molecule has 0 spiro atoms. The first kappa shape index (κ1) is 14.9. The van der Waals surface area contributed by atoms with Gasteiger partial charge in [0.15, 0.2) is 5.78 Å². The summed E-state index contributed by atoms with van der Waals surface area (Å²) in [4.78, 5) is 12.7. The molecular formula is C17H24O3. The van der Waals surface area contributed by atoms with Crippen molar-refractivity contribution in [2.45, 2.75) is 39.5 Å². The van der Waals surface area contributed by atoms with Crippen LogP contribution >= 0.6 is 0 Å². The van der Waals surface area contributed by atoms with Crippen LogP contribution in [0.2, 0.25) is 0 Å². The van der Waals surface area contributed by atoms with Crippen LogP contribution in [0.3, 0.4) is 0 Å². The number of Topliss-reactive ketones (excluding diaryl/α,β-unsaturated/α-hetero) is 1. The molecule has 0 saturated heterocycles. The molecule has 1 saturated carbocycles. The average Bonchev–Trinajstić information content (AvgIpc) is 2.45. The maximum atomic E-state index is 12.7. The van der Waals surface area contributed by atoms with E-state index in [1.807, 2.05) is 6.07 Å². The van der Waals surface area contributed by atoms with Crippen molar-refractivity contribution >= 4 is 5.78 Å². The van der Waals surface area contributed by atoms with Gasteiger partial charge in [-0.3, -0.25) is 4.79 Å². The third-order valence-electron chi connectivity index (χ3n) is 4.38. The molecule has 1 aliphatic carbocycles. The summed E-state index contributed by atoms with van der Waals surface area (Å²) in [6.07, 6.45) is 4.14. The highest BCUT2D eigenvalue weighted by atomic mass is 16.5. The molecule has 3 heteroatoms. The van der Waals surface area contributed by atoms with Crippen LogP contribution < -0.4 is 9.47 Å². The molecule has 3 nitrogen and oxygen atoms in total. The summed E-state index contributed by atoms with van der Waals surface area (Å²) in [5.41, 5.74) is 1.02. The van der Waals surface area contributed by atoms with Gasteiger partial charge in [0.2, 0.25) is 0 Å². The Hall–Kier alpha value is -1.51. The molecule has 1 fully saturated rings. The van der Waals surface area contributed by atoms with E-state index >= 15 is 0 Å². The summed E-state index contributed by atoms with van der Waals surface area (Å²) < 4.78 is 10.5. The predicted octanol–water partition coefficient (Wildman–Crippen LogP) is 4.10. The lowest BCUT2D eigenvalue weighted by atomic mass is 9.71. The van der Waals surface area contributed by atoms with Gasteiger partial charge in [-0.25, -0.2) is 0 Å². The van der Waals surface area contributed by atoms with E-state index in [0.29, 0.717) is 22.5 Å². The zero-order chi connectivity index (χ0) is 14.8. The Morgan fingerprint density at radius 2 is 1.80 bits per heavy atom. The van der Waals surface area contributed by atoms with E-state index in [-0.39, 0.29) is 11.7 Å². The molecule has 0 aliphatic heterocycles. The third kappa shape index (κ3) is 3.14. The van der Waals surface area contributed by atoms with Crippen molar-refractivity contribution in [3.63, 3.8) is 0 Å². The van der Waals surface area contributed by atoms with Gasteiger partial charge >= 0.3 is 0 Å². The molecule has 0 unspecified atom stereocenters. The topological polar surface area (TPSA) is 35.5 Å². The van der Waals surface area contributed by atoms with Crippen molar-refractivity contribution in [3.05, 3.63) is 23.8 Å². The van der Waals surface area contributed by atoms with Crippen LogP contribution in [0.4, 0.5) is 0 Å². The van der Waals surface area contributed by atoms with Crippen molar-refractivity contribution in [3.8, 4) is 11.5 Å². The third-order valence-corrected chi connectivity index (χ3v) is 4.38. The molecule has 1 aromatic rings. The number of carbonyl (C=O) groups is 1. The van der Waals surface area contributed by atoms with Crippen molar-refractivity contribution in [1.82, 2.24) is 0 Å². The second kappa shape index (κ2) is 5.86. The first-order valence-corrected chi connectivity index (χ1v) is 7.23. The average molecular weight is 276 g/mol. The number of hydrogen-bond acceptors (Lipinski definition) is 3. The van der Waals surface area contributed by atoms with E-state index in [1.54, 1.807) is 26.4 Å². The summed E-state index contributed by atoms with van der Waals surface area (Å²) >= 11 is 0. The lowest BCUT2D eigenvalue weighted by Crippen LogP contribution is -2.26. The zero-order valence-electron chi connectivity index (χ0n) is 12.9. The van der Waals surface area contributed by atoms with Gasteiger partial charge in [-0.1, -0.05) is 13.8 Å². The SMILES string of the molecule is COc1ccc(OC)c(C(=O)C2CCC(C)(C)CC2)c1. The second-order valence-corrected chi connectivity index (χ2v) is 6.37. The van der Waals surface area contributed by atoms with Gasteiger partial charge in [-0.15, -0.1) is 0 Å². The fraction of sp³-hybridized carbons (Fsp3) is 0.588. The molecule has 0 atom stereocenters. The van der Waals surface area contributed by atoms with E-state index in [4.69, 9.17) is 9.47 Å². The van der Waals surface area contributed by atoms with Crippen molar-refractivity contribution in [1.29, 1.82) is 0 Å². The van der Waals surface area contributed by atoms with Crippen LogP contribution in [0.1, 0.15) is 49.9 Å². The molecule has 0 amide bonds. The van der Waals surface area contributed by atoms with Gasteiger partial charge in [0, 0.05) is 5.92 Å². The van der Waals surface area contributed by atoms with Crippen LogP contribution in [0, 0.1) is 11.3 Å². The molecule has 0 bridgehead atoms. The molecular weight excluding hydrogens is 252 g/mol. The second-order valence-electron chi connectivity index (χ2n) is 6.37. The summed E-state index contributed by atoms with van der Waals surface area (Å²) in [6.45, 7) is 4.56. The number of hydrogen-bond donors (Lipinski definition) is 0. The highest BCUT2D eigenvalue weighted by Crippen LogP contribution is 2.40. The molecule has 0 radical (unpaired) electrons. The fourth-order valence-electron chi connectivity index (χ4n) is 2.89. The Balaban J connectivity index is 2.20. The summed E-state index contributed by atoms with van der Waals surface area (Å²) in [5.74, 6) is 1.64. The number of ether oxygens (including phenoxy) is 2. The molecule has 1 aliphatic rings. The van der Waals surface area contributed by atoms with Crippen molar-refractivity contribution in [2.75, 3.05) is 14.2 Å². The van der Waals surface area contributed by atoms with Gasteiger partial charge < -0.3 is 9.47 Å². The first-order chi connectivity index (χ1) is 9.46. The van der Waals surface area contributed by atoms with Gasteiger partial charge in [0.25, 0.3) is 0 Å². The van der Waals surface area contributed by atoms with E-state index in [9.17, 15) is 4.79 Å². The van der Waals surface area contributed by atoms with Crippen molar-refractivity contribution < 1.29 is 14.3 Å². The number of ketones is 1. The number of rotatable bonds is 4. The number of benzene rings is 1. The van der Waals surface area contributed by atoms with E-state index < -0.39 is 0 Å². The van der Waals surface area contributed by atoms with Crippen LogP contribution in [0.5, 0.6) is 11.5 Å². The lowest BCUT2D eigenvalue weighted by molar-refractivity contribution is 0.0834. The molecule has 0 N–H and O–H groups in total. The van der Waals surface area contributed by atoms with E-state index in [0.717, 1.165) is 25.7 Å². The minimum atomic E-state index is 0.115. The molecule has 2 rings (SSSR count). The Morgan fingerprint density at radius 1 is 1.15 bits per heavy atom. The number of methoxy groups -OCH3 is 2. The Labute approximate surface area is 121 Å². The van der Waals surface area contributed by atoms with Crippen LogP contribution in [-0.4, -0.2) is 20.0 Å². The summed E-state index contributed by atoms with van der Waals surface area (Å²) in [5, 5.41) is 0. The van der Waals surface area contributed by atoms with Crippen LogP contribution in [0.15, 0.2) is 18.2 Å². The summed E-state index contributed by atoms with van der Waals surface area (Å²) in [6, 6.07) is 5.42. The molecule has 110 valence electrons. The quantitative estimate of drug-likeness (QED) is 0.777. The Morgan fingerprint density at radius 3 is 2.35 bits per heavy atom. The molecule has 0 aromatic heterocycles. The standard InChI is InChI=1S/C17H24O3/c1-17(2)9-7-12(8-10-17)16(18)14-11-13(19-3)5-6-15(14)20-4/h5-6,11-12H,7-10H2,1-4H3. The van der Waals surface area contributed by atoms with Gasteiger partial charge in [-0.05, 0) is 49.3 Å². The minimum absolute atomic E-state index is 0.115. The largest absolute Gasteiger partial charge is 0.497 e. The van der Waals surface area contributed by atoms with Crippen molar-refractivity contribution in [2.24, 2.45) is 11.3 Å². The predicted molar refractivity (Wildman–Crippen MR) is 79.6 cm³/mol. The smallest absolute Gasteiger partial charge is 0.169 e. The van der Waals surface area contributed by atoms with Crippen LogP contribution in [0.25, 0.3) is 0 Å². The van der Waals surface area contributed by atoms with E-state index in [1.165, 1.54) is 0 Å². The van der Waals surface area contributed by atoms with E-state index in [2.05, 4.69) is 13.8 Å². The fourth-order valence-corrected chi connectivity index (χ4v) is 2.89. The zero-order valence-corrected chi connectivity index (χ0v) is 12.9. The molecule has 0 heterocycles. The van der Waals surface area contributed by atoms with Crippen LogP contribution in [-0.2, 0) is 0 Å². The highest BCUT2D eigenvalue weighted by Gasteiger charge is 2.32. The maximum Gasteiger partial charge on any atom is 0.169 e. The Kier molecular flexibility index (Phi) is 4.36. The minimum Gasteiger partial charge on any atom is -0.497 e. The Bertz CT molecular complexity index is 481. The molecule has 20 heavy (non-hydrogen) atoms. The van der Waals surface area contributed by atoms with Gasteiger partial charge in [-0.2, -0.15) is 0 Å². The molecule has 1 aromatic carbocycles. The highest BCUT2D eigenvalue weighted by molar-refractivity contribution is 6.00. The monoisotopic (exact) mass is 276 g/mol. The van der Waals surface area contributed by atoms with Gasteiger partial charge in [0.1, 0.15) is 11.5 Å². The number of carbonyl (C=O) groups excluding carboxylic acids is 1. The summed E-state index contributed by atoms with van der Waals surface area (Å²) in [7, 11) is 3.21. The van der Waals surface area contributed by atoms with Gasteiger partial charge in [0.05, 0.1) is 19.8 Å². The maximum absolute atomic E-state index is 12.7. The first-order valence-electron chi connectivity index (χ1n) is 7.23. The normalized spacial score (nSPS) is 18.6.